The Morgan fingerprint density at radius 3 is 2.67 bits per heavy atom. The SMILES string of the molecule is Cc1cc(Br)cnc1NS(=O)(=O)c1cc(N)cc(Cl)c1F. The lowest BCUT2D eigenvalue weighted by molar-refractivity contribution is 0.570. The van der Waals surface area contributed by atoms with E-state index in [0.29, 0.717) is 10.0 Å². The van der Waals surface area contributed by atoms with Crippen molar-refractivity contribution in [2.24, 2.45) is 0 Å². The first-order valence-electron chi connectivity index (χ1n) is 5.60. The van der Waals surface area contributed by atoms with Gasteiger partial charge in [0.2, 0.25) is 0 Å². The van der Waals surface area contributed by atoms with Gasteiger partial charge >= 0.3 is 0 Å². The van der Waals surface area contributed by atoms with Crippen LogP contribution in [0.5, 0.6) is 0 Å². The fraction of sp³-hybridized carbons (Fsp3) is 0.0833. The van der Waals surface area contributed by atoms with Crippen molar-refractivity contribution in [2.45, 2.75) is 11.8 Å². The van der Waals surface area contributed by atoms with Crippen molar-refractivity contribution >= 4 is 49.1 Å². The van der Waals surface area contributed by atoms with Crippen molar-refractivity contribution in [1.82, 2.24) is 4.98 Å². The summed E-state index contributed by atoms with van der Waals surface area (Å²) in [5.74, 6) is -0.968. The maximum absolute atomic E-state index is 13.9. The highest BCUT2D eigenvalue weighted by Crippen LogP contribution is 2.27. The monoisotopic (exact) mass is 393 g/mol. The van der Waals surface area contributed by atoms with E-state index in [2.05, 4.69) is 25.6 Å². The molecule has 0 fully saturated rings. The van der Waals surface area contributed by atoms with Crippen molar-refractivity contribution in [3.8, 4) is 0 Å². The van der Waals surface area contributed by atoms with Crippen LogP contribution in [-0.2, 0) is 10.0 Å². The number of benzene rings is 1. The van der Waals surface area contributed by atoms with E-state index in [-0.39, 0.29) is 16.5 Å². The number of nitrogens with two attached hydrogens (primary N) is 1. The van der Waals surface area contributed by atoms with Crippen LogP contribution in [0.1, 0.15) is 5.56 Å². The summed E-state index contributed by atoms with van der Waals surface area (Å²) in [5, 5.41) is -0.365. The molecule has 5 nitrogen and oxygen atoms in total. The third-order valence-electron chi connectivity index (χ3n) is 2.58. The largest absolute Gasteiger partial charge is 0.399 e. The first-order chi connectivity index (χ1) is 9.70. The molecule has 0 unspecified atom stereocenters. The average Bonchev–Trinajstić information content (AvgIpc) is 2.37. The van der Waals surface area contributed by atoms with Gasteiger partial charge in [0.05, 0.1) is 5.02 Å². The Labute approximate surface area is 134 Å². The number of hydrogen-bond acceptors (Lipinski definition) is 4. The maximum atomic E-state index is 13.9. The number of nitrogen functional groups attached to an aromatic ring is 1. The Morgan fingerprint density at radius 1 is 1.38 bits per heavy atom. The van der Waals surface area contributed by atoms with Crippen LogP contribution in [-0.4, -0.2) is 13.4 Å². The molecule has 0 spiro atoms. The minimum absolute atomic E-state index is 0.0438. The maximum Gasteiger partial charge on any atom is 0.266 e. The first-order valence-corrected chi connectivity index (χ1v) is 8.25. The normalized spacial score (nSPS) is 11.4. The Balaban J connectivity index is 2.48. The summed E-state index contributed by atoms with van der Waals surface area (Å²) >= 11 is 8.83. The van der Waals surface area contributed by atoms with E-state index < -0.39 is 20.7 Å². The van der Waals surface area contributed by atoms with Gasteiger partial charge in [-0.1, -0.05) is 11.6 Å². The van der Waals surface area contributed by atoms with E-state index in [4.69, 9.17) is 17.3 Å². The van der Waals surface area contributed by atoms with E-state index in [0.717, 1.165) is 12.1 Å². The molecule has 0 aliphatic carbocycles. The van der Waals surface area contributed by atoms with Gasteiger partial charge in [-0.25, -0.2) is 17.8 Å². The summed E-state index contributed by atoms with van der Waals surface area (Å²) in [6.07, 6.45) is 1.42. The van der Waals surface area contributed by atoms with Gasteiger partial charge in [0, 0.05) is 16.4 Å². The molecule has 21 heavy (non-hydrogen) atoms. The standard InChI is InChI=1S/C12H10BrClFN3O2S/c1-6-2-7(13)5-17-12(6)18-21(19,20)10-4-8(16)3-9(14)11(10)15/h2-5H,16H2,1H3,(H,17,18). The number of rotatable bonds is 3. The number of halogens is 3. The molecule has 9 heteroatoms. The molecular formula is C12H10BrClFN3O2S. The quantitative estimate of drug-likeness (QED) is 0.782. The van der Waals surface area contributed by atoms with Gasteiger partial charge in [-0.3, -0.25) is 4.72 Å². The molecule has 2 rings (SSSR count). The third-order valence-corrected chi connectivity index (χ3v) is 4.63. The molecule has 0 radical (unpaired) electrons. The van der Waals surface area contributed by atoms with Crippen LogP contribution >= 0.6 is 27.5 Å². The molecule has 0 amide bonds. The van der Waals surface area contributed by atoms with E-state index in [1.54, 1.807) is 13.0 Å². The van der Waals surface area contributed by atoms with Crippen molar-refractivity contribution in [2.75, 3.05) is 10.5 Å². The smallest absolute Gasteiger partial charge is 0.266 e. The minimum Gasteiger partial charge on any atom is -0.399 e. The summed E-state index contributed by atoms with van der Waals surface area (Å²) in [6, 6.07) is 3.81. The van der Waals surface area contributed by atoms with Gasteiger partial charge in [-0.05, 0) is 46.6 Å². The molecular weight excluding hydrogens is 385 g/mol. The van der Waals surface area contributed by atoms with Crippen LogP contribution in [0, 0.1) is 12.7 Å². The molecule has 1 heterocycles. The minimum atomic E-state index is -4.19. The van der Waals surface area contributed by atoms with Crippen molar-refractivity contribution in [1.29, 1.82) is 0 Å². The van der Waals surface area contributed by atoms with Gasteiger partial charge in [-0.2, -0.15) is 0 Å². The number of sulfonamides is 1. The summed E-state index contributed by atoms with van der Waals surface area (Å²) in [5.41, 5.74) is 6.12. The Morgan fingerprint density at radius 2 is 2.05 bits per heavy atom. The Bertz CT molecular complexity index is 814. The molecule has 112 valence electrons. The fourth-order valence-corrected chi connectivity index (χ4v) is 3.55. The summed E-state index contributed by atoms with van der Waals surface area (Å²) < 4.78 is 41.3. The molecule has 0 saturated heterocycles. The lowest BCUT2D eigenvalue weighted by atomic mass is 10.3. The predicted octanol–water partition coefficient (Wildman–Crippen LogP) is 3.33. The van der Waals surface area contributed by atoms with Crippen LogP contribution in [0.25, 0.3) is 0 Å². The zero-order chi connectivity index (χ0) is 15.8. The number of hydrogen-bond donors (Lipinski definition) is 2. The number of pyridine rings is 1. The predicted molar refractivity (Wildman–Crippen MR) is 83.3 cm³/mol. The second kappa shape index (κ2) is 5.78. The highest BCUT2D eigenvalue weighted by Gasteiger charge is 2.23. The zero-order valence-corrected chi connectivity index (χ0v) is 13.9. The molecule has 0 atom stereocenters. The van der Waals surface area contributed by atoms with Gasteiger partial charge in [0.15, 0.2) is 5.82 Å². The van der Waals surface area contributed by atoms with Crippen LogP contribution in [0.15, 0.2) is 33.8 Å². The average molecular weight is 395 g/mol. The molecule has 0 saturated carbocycles. The third kappa shape index (κ3) is 3.45. The number of anilines is 2. The van der Waals surface area contributed by atoms with Crippen LogP contribution in [0.4, 0.5) is 15.9 Å². The molecule has 0 aliphatic heterocycles. The van der Waals surface area contributed by atoms with Crippen molar-refractivity contribution < 1.29 is 12.8 Å². The van der Waals surface area contributed by atoms with Crippen molar-refractivity contribution in [3.05, 3.63) is 45.3 Å². The number of nitrogens with zero attached hydrogens (tertiary/aromatic N) is 1. The van der Waals surface area contributed by atoms with Gasteiger partial charge in [0.1, 0.15) is 10.7 Å². The molecule has 2 aromatic rings. The number of nitrogens with one attached hydrogen (secondary N) is 1. The summed E-state index contributed by atoms with van der Waals surface area (Å²) in [6.45, 7) is 1.66. The zero-order valence-electron chi connectivity index (χ0n) is 10.7. The molecule has 0 aliphatic rings. The van der Waals surface area contributed by atoms with E-state index in [1.807, 2.05) is 0 Å². The second-order valence-electron chi connectivity index (χ2n) is 4.24. The molecule has 1 aromatic heterocycles. The number of aromatic nitrogens is 1. The summed E-state index contributed by atoms with van der Waals surface area (Å²) in [7, 11) is -4.19. The Kier molecular flexibility index (Phi) is 4.40. The molecule has 3 N–H and O–H groups in total. The highest BCUT2D eigenvalue weighted by atomic mass is 79.9. The lowest BCUT2D eigenvalue weighted by Crippen LogP contribution is -2.17. The van der Waals surface area contributed by atoms with Gasteiger partial charge in [-0.15, -0.1) is 0 Å². The fourth-order valence-electron chi connectivity index (χ4n) is 1.61. The molecule has 0 bridgehead atoms. The van der Waals surface area contributed by atoms with Crippen molar-refractivity contribution in [3.63, 3.8) is 0 Å². The number of aryl methyl sites for hydroxylation is 1. The van der Waals surface area contributed by atoms with Crippen LogP contribution in [0.3, 0.4) is 0 Å². The molecule has 1 aromatic carbocycles. The second-order valence-corrected chi connectivity index (χ2v) is 7.21. The van der Waals surface area contributed by atoms with Gasteiger partial charge in [0.25, 0.3) is 10.0 Å². The van der Waals surface area contributed by atoms with E-state index >= 15 is 0 Å². The van der Waals surface area contributed by atoms with Gasteiger partial charge < -0.3 is 5.73 Å². The van der Waals surface area contributed by atoms with E-state index in [1.165, 1.54) is 6.20 Å². The van der Waals surface area contributed by atoms with Crippen LogP contribution in [0.2, 0.25) is 5.02 Å². The van der Waals surface area contributed by atoms with E-state index in [9.17, 15) is 12.8 Å². The van der Waals surface area contributed by atoms with Crippen LogP contribution < -0.4 is 10.5 Å². The summed E-state index contributed by atoms with van der Waals surface area (Å²) in [4.78, 5) is 3.31. The lowest BCUT2D eigenvalue weighted by Gasteiger charge is -2.11. The highest BCUT2D eigenvalue weighted by molar-refractivity contribution is 9.10. The Hall–Kier alpha value is -1.38. The first kappa shape index (κ1) is 16.0. The topological polar surface area (TPSA) is 85.1 Å².